The molecule has 0 spiro atoms. The van der Waals surface area contributed by atoms with Crippen molar-refractivity contribution in [3.63, 3.8) is 0 Å². The number of aliphatic hydroxyl groups excluding tert-OH is 2. The Morgan fingerprint density at radius 1 is 0.488 bits per heavy atom. The topological polar surface area (TPSA) is 190 Å². The van der Waals surface area contributed by atoms with E-state index in [0.29, 0.717) is 11.1 Å². The standard InChI is InChI=1S/C30H26O11/c31-15-5-1-13(2-6-15)27-25(37)29(23-19(35)9-17(33)11-21(23)39-27)41-30-24-20(36)10-18(34)12-22(24)40-28(26(30)38)14-3-7-16(32)8-4-14/h1-12,25-38H/t25-,26+,27-,28+,29-,30-/m1/s1. The molecule has 0 amide bonds. The Morgan fingerprint density at radius 3 is 1.22 bits per heavy atom. The smallest absolute Gasteiger partial charge is 0.152 e. The van der Waals surface area contributed by atoms with Gasteiger partial charge in [-0.2, -0.15) is 0 Å². The lowest BCUT2D eigenvalue weighted by Gasteiger charge is -2.42. The van der Waals surface area contributed by atoms with Crippen LogP contribution in [-0.2, 0) is 4.74 Å². The SMILES string of the molecule is Oc1ccc([C@H]2Oc3cc(O)cc(O)c3[C@@H](O[C@@H]3c4c(O)cc(O)cc4O[C@@H](c4ccc(O)cc4)[C@@H]3O)[C@@H]2O)cc1. The molecule has 0 aliphatic carbocycles. The number of phenols is 6. The van der Waals surface area contributed by atoms with Gasteiger partial charge in [-0.15, -0.1) is 0 Å². The van der Waals surface area contributed by atoms with Gasteiger partial charge in [0.15, 0.2) is 12.2 Å². The van der Waals surface area contributed by atoms with Gasteiger partial charge in [0.05, 0.1) is 11.1 Å². The van der Waals surface area contributed by atoms with Crippen LogP contribution < -0.4 is 9.47 Å². The van der Waals surface area contributed by atoms with E-state index in [1.807, 2.05) is 0 Å². The number of rotatable bonds is 4. The van der Waals surface area contributed by atoms with Crippen molar-refractivity contribution < 1.29 is 55.1 Å². The highest BCUT2D eigenvalue weighted by molar-refractivity contribution is 5.55. The minimum atomic E-state index is -1.49. The molecule has 0 saturated heterocycles. The minimum absolute atomic E-state index is 0.00246. The van der Waals surface area contributed by atoms with Crippen molar-refractivity contribution in [2.24, 2.45) is 0 Å². The molecule has 0 radical (unpaired) electrons. The molecule has 0 aromatic heterocycles. The zero-order chi connectivity index (χ0) is 29.0. The van der Waals surface area contributed by atoms with Crippen molar-refractivity contribution in [2.75, 3.05) is 0 Å². The van der Waals surface area contributed by atoms with Crippen molar-refractivity contribution in [2.45, 2.75) is 36.6 Å². The monoisotopic (exact) mass is 562 g/mol. The third kappa shape index (κ3) is 4.65. The highest BCUT2D eigenvalue weighted by Crippen LogP contribution is 2.54. The van der Waals surface area contributed by atoms with Crippen LogP contribution in [0.2, 0.25) is 0 Å². The Labute approximate surface area is 232 Å². The molecule has 2 heterocycles. The van der Waals surface area contributed by atoms with E-state index in [9.17, 15) is 40.9 Å². The van der Waals surface area contributed by atoms with E-state index in [1.165, 1.54) is 60.7 Å². The first-order valence-corrected chi connectivity index (χ1v) is 12.6. The normalized spacial score (nSPS) is 24.9. The van der Waals surface area contributed by atoms with Crippen LogP contribution in [-0.4, -0.2) is 53.1 Å². The van der Waals surface area contributed by atoms with Crippen molar-refractivity contribution in [1.29, 1.82) is 0 Å². The zero-order valence-corrected chi connectivity index (χ0v) is 21.2. The largest absolute Gasteiger partial charge is 0.508 e. The Morgan fingerprint density at radius 2 is 0.854 bits per heavy atom. The van der Waals surface area contributed by atoms with Gasteiger partial charge in [-0.05, 0) is 35.4 Å². The number of hydrogen-bond acceptors (Lipinski definition) is 11. The molecule has 4 aromatic carbocycles. The molecule has 0 unspecified atom stereocenters. The van der Waals surface area contributed by atoms with Crippen LogP contribution in [0, 0.1) is 0 Å². The van der Waals surface area contributed by atoms with Gasteiger partial charge < -0.3 is 55.1 Å². The van der Waals surface area contributed by atoms with E-state index in [4.69, 9.17) is 14.2 Å². The molecule has 0 saturated carbocycles. The van der Waals surface area contributed by atoms with E-state index < -0.39 is 48.1 Å². The maximum atomic E-state index is 11.6. The fourth-order valence-electron chi connectivity index (χ4n) is 5.35. The summed E-state index contributed by atoms with van der Waals surface area (Å²) in [5, 5.41) is 84.5. The number of fused-ring (bicyclic) bond motifs is 2. The van der Waals surface area contributed by atoms with Gasteiger partial charge in [0, 0.05) is 24.3 Å². The summed E-state index contributed by atoms with van der Waals surface area (Å²) < 4.78 is 18.3. The average Bonchev–Trinajstić information content (AvgIpc) is 2.92. The number of benzene rings is 4. The fourth-order valence-corrected chi connectivity index (χ4v) is 5.35. The van der Waals surface area contributed by atoms with E-state index >= 15 is 0 Å². The lowest BCUT2D eigenvalue weighted by molar-refractivity contribution is -0.175. The molecule has 0 fully saturated rings. The van der Waals surface area contributed by atoms with Gasteiger partial charge in [-0.25, -0.2) is 0 Å². The lowest BCUT2D eigenvalue weighted by Crippen LogP contribution is -2.41. The summed E-state index contributed by atoms with van der Waals surface area (Å²) in [5.74, 6) is -1.52. The Bertz CT molecular complexity index is 1470. The van der Waals surface area contributed by atoms with Gasteiger partial charge >= 0.3 is 0 Å². The van der Waals surface area contributed by atoms with Crippen LogP contribution in [0.3, 0.4) is 0 Å². The first kappa shape index (κ1) is 26.4. The summed E-state index contributed by atoms with van der Waals surface area (Å²) in [5.41, 5.74) is 0.870. The van der Waals surface area contributed by atoms with Crippen LogP contribution in [0.5, 0.6) is 46.0 Å². The number of hydrogen-bond donors (Lipinski definition) is 8. The molecule has 8 N–H and O–H groups in total. The van der Waals surface area contributed by atoms with Crippen LogP contribution >= 0.6 is 0 Å². The van der Waals surface area contributed by atoms with Crippen LogP contribution in [0.4, 0.5) is 0 Å². The van der Waals surface area contributed by atoms with Crippen molar-refractivity contribution in [1.82, 2.24) is 0 Å². The molecule has 6 atom stereocenters. The second-order valence-corrected chi connectivity index (χ2v) is 9.97. The third-order valence-electron chi connectivity index (χ3n) is 7.26. The molecule has 4 aromatic rings. The summed E-state index contributed by atoms with van der Waals surface area (Å²) in [4.78, 5) is 0. The molecular weight excluding hydrogens is 536 g/mol. The minimum Gasteiger partial charge on any atom is -0.508 e. The van der Waals surface area contributed by atoms with Crippen molar-refractivity contribution >= 4 is 0 Å². The molecule has 6 rings (SSSR count). The zero-order valence-electron chi connectivity index (χ0n) is 21.2. The molecular formula is C30H26O11. The lowest BCUT2D eigenvalue weighted by atomic mass is 9.88. The van der Waals surface area contributed by atoms with Crippen LogP contribution in [0.1, 0.15) is 46.7 Å². The molecule has 11 nitrogen and oxygen atoms in total. The predicted octanol–water partition coefficient (Wildman–Crippen LogP) is 3.71. The second-order valence-electron chi connectivity index (χ2n) is 9.97. The van der Waals surface area contributed by atoms with Gasteiger partial charge in [-0.3, -0.25) is 0 Å². The highest BCUT2D eigenvalue weighted by atomic mass is 16.6. The maximum absolute atomic E-state index is 11.6. The Balaban J connectivity index is 1.46. The quantitative estimate of drug-likeness (QED) is 0.181. The van der Waals surface area contributed by atoms with E-state index in [-0.39, 0.29) is 45.6 Å². The first-order chi connectivity index (χ1) is 19.6. The highest BCUT2D eigenvalue weighted by Gasteiger charge is 2.47. The molecule has 2 aliphatic rings. The fraction of sp³-hybridized carbons (Fsp3) is 0.200. The second kappa shape index (κ2) is 9.97. The van der Waals surface area contributed by atoms with Crippen molar-refractivity contribution in [3.05, 3.63) is 95.1 Å². The van der Waals surface area contributed by atoms with E-state index in [0.717, 1.165) is 12.1 Å². The Kier molecular flexibility index (Phi) is 6.41. The van der Waals surface area contributed by atoms with Gasteiger partial charge in [0.25, 0.3) is 0 Å². The maximum Gasteiger partial charge on any atom is 0.152 e. The van der Waals surface area contributed by atoms with Crippen molar-refractivity contribution in [3.8, 4) is 46.0 Å². The van der Waals surface area contributed by atoms with Crippen LogP contribution in [0.25, 0.3) is 0 Å². The molecule has 212 valence electrons. The number of ether oxygens (including phenoxy) is 3. The Hall–Kier alpha value is -4.84. The number of aliphatic hydroxyl groups is 2. The average molecular weight is 563 g/mol. The number of phenolic OH excluding ortho intramolecular Hbond substituents is 6. The molecule has 41 heavy (non-hydrogen) atoms. The molecule has 0 bridgehead atoms. The van der Waals surface area contributed by atoms with E-state index in [1.54, 1.807) is 0 Å². The van der Waals surface area contributed by atoms with Gasteiger partial charge in [0.2, 0.25) is 0 Å². The summed E-state index contributed by atoms with van der Waals surface area (Å²) in [6.45, 7) is 0. The summed E-state index contributed by atoms with van der Waals surface area (Å²) in [6.07, 6.45) is -7.92. The molecule has 2 aliphatic heterocycles. The predicted molar refractivity (Wildman–Crippen MR) is 141 cm³/mol. The van der Waals surface area contributed by atoms with Gasteiger partial charge in [0.1, 0.15) is 70.4 Å². The summed E-state index contributed by atoms with van der Waals surface area (Å²) >= 11 is 0. The van der Waals surface area contributed by atoms with E-state index in [2.05, 4.69) is 0 Å². The number of aromatic hydroxyl groups is 6. The summed E-state index contributed by atoms with van der Waals surface area (Å²) in [6, 6.07) is 16.3. The van der Waals surface area contributed by atoms with Crippen LogP contribution in [0.15, 0.2) is 72.8 Å². The summed E-state index contributed by atoms with van der Waals surface area (Å²) in [7, 11) is 0. The van der Waals surface area contributed by atoms with Gasteiger partial charge in [-0.1, -0.05) is 24.3 Å². The third-order valence-corrected chi connectivity index (χ3v) is 7.26. The first-order valence-electron chi connectivity index (χ1n) is 12.6. The molecule has 11 heteroatoms.